The summed E-state index contributed by atoms with van der Waals surface area (Å²) in [6.07, 6.45) is 41.2. The Bertz CT molecular complexity index is 460. The second-order valence-corrected chi connectivity index (χ2v) is 12.7. The largest absolute Gasteiger partial charge is 0.465 e. The quantitative estimate of drug-likeness (QED) is 0.0600. The van der Waals surface area contributed by atoms with Crippen molar-refractivity contribution in [1.82, 2.24) is 0 Å². The van der Waals surface area contributed by atoms with Gasteiger partial charge in [0.1, 0.15) is 0 Å². The highest BCUT2D eigenvalue weighted by atomic mass is 16.5. The first-order valence-electron chi connectivity index (χ1n) is 18.4. The highest BCUT2D eigenvalue weighted by Crippen LogP contribution is 2.20. The summed E-state index contributed by atoms with van der Waals surface area (Å²) in [6, 6.07) is 0. The average Bonchev–Trinajstić information content (AvgIpc) is 2.94. The van der Waals surface area contributed by atoms with Gasteiger partial charge in [-0.3, -0.25) is 4.79 Å². The Morgan fingerprint density at radius 2 is 0.692 bits per heavy atom. The maximum atomic E-state index is 12.4. The molecule has 0 N–H and O–H groups in total. The van der Waals surface area contributed by atoms with E-state index in [1.54, 1.807) is 0 Å². The first-order valence-corrected chi connectivity index (χ1v) is 18.4. The molecule has 0 aromatic rings. The van der Waals surface area contributed by atoms with Crippen LogP contribution in [0, 0.1) is 5.92 Å². The van der Waals surface area contributed by atoms with Gasteiger partial charge >= 0.3 is 5.97 Å². The Morgan fingerprint density at radius 3 is 1.03 bits per heavy atom. The number of unbranched alkanes of at least 4 members (excludes halogenated alkanes) is 25. The molecule has 0 aliphatic heterocycles. The molecule has 0 saturated carbocycles. The maximum absolute atomic E-state index is 12.4. The van der Waals surface area contributed by atoms with Gasteiger partial charge in [-0.2, -0.15) is 0 Å². The lowest BCUT2D eigenvalue weighted by Crippen LogP contribution is -2.14. The first kappa shape index (κ1) is 38.5. The normalized spacial score (nSPS) is 12.2. The molecule has 0 bridgehead atoms. The fourth-order valence-electron chi connectivity index (χ4n) is 5.84. The molecule has 0 aliphatic rings. The lowest BCUT2D eigenvalue weighted by atomic mass is 9.94. The second kappa shape index (κ2) is 33.7. The first-order chi connectivity index (χ1) is 19.2. The summed E-state index contributed by atoms with van der Waals surface area (Å²) >= 11 is 0. The van der Waals surface area contributed by atoms with Crippen LogP contribution in [-0.4, -0.2) is 12.6 Å². The molecule has 0 fully saturated rings. The number of rotatable bonds is 33. The van der Waals surface area contributed by atoms with E-state index < -0.39 is 0 Å². The highest BCUT2D eigenvalue weighted by Gasteiger charge is 2.12. The van der Waals surface area contributed by atoms with Crippen LogP contribution in [0.4, 0.5) is 0 Å². The molecular formula is C37H74O2. The van der Waals surface area contributed by atoms with Crippen LogP contribution in [0.15, 0.2) is 0 Å². The van der Waals surface area contributed by atoms with E-state index >= 15 is 0 Å². The van der Waals surface area contributed by atoms with E-state index in [0.717, 1.165) is 6.42 Å². The number of hydrogen-bond donors (Lipinski definition) is 0. The van der Waals surface area contributed by atoms with Crippen molar-refractivity contribution in [3.63, 3.8) is 0 Å². The van der Waals surface area contributed by atoms with Crippen LogP contribution < -0.4 is 0 Å². The highest BCUT2D eigenvalue weighted by molar-refractivity contribution is 5.69. The van der Waals surface area contributed by atoms with Gasteiger partial charge in [-0.05, 0) is 25.2 Å². The molecule has 0 spiro atoms. The van der Waals surface area contributed by atoms with E-state index in [-0.39, 0.29) is 5.97 Å². The lowest BCUT2D eigenvalue weighted by molar-refractivity contribution is -0.145. The number of hydrogen-bond acceptors (Lipinski definition) is 2. The van der Waals surface area contributed by atoms with E-state index in [2.05, 4.69) is 20.8 Å². The van der Waals surface area contributed by atoms with Crippen LogP contribution in [0.5, 0.6) is 0 Å². The summed E-state index contributed by atoms with van der Waals surface area (Å²) in [5, 5.41) is 0. The van der Waals surface area contributed by atoms with Gasteiger partial charge in [-0.15, -0.1) is 0 Å². The Hall–Kier alpha value is -0.530. The molecule has 0 aromatic carbocycles. The molecule has 0 saturated heterocycles. The molecule has 0 aliphatic carbocycles. The van der Waals surface area contributed by atoms with E-state index in [0.29, 0.717) is 18.9 Å². The van der Waals surface area contributed by atoms with Gasteiger partial charge in [-0.25, -0.2) is 0 Å². The molecule has 0 amide bonds. The van der Waals surface area contributed by atoms with Crippen molar-refractivity contribution in [1.29, 1.82) is 0 Å². The minimum atomic E-state index is 0.0530. The van der Waals surface area contributed by atoms with Crippen molar-refractivity contribution in [2.75, 3.05) is 6.61 Å². The smallest absolute Gasteiger partial charge is 0.305 e. The molecule has 39 heavy (non-hydrogen) atoms. The zero-order chi connectivity index (χ0) is 28.5. The van der Waals surface area contributed by atoms with Crippen LogP contribution in [0.2, 0.25) is 0 Å². The molecule has 1 unspecified atom stereocenters. The second-order valence-electron chi connectivity index (χ2n) is 12.7. The Labute approximate surface area is 247 Å². The minimum absolute atomic E-state index is 0.0530. The van der Waals surface area contributed by atoms with Crippen LogP contribution in [-0.2, 0) is 9.53 Å². The molecule has 0 radical (unpaired) electrons. The summed E-state index contributed by atoms with van der Waals surface area (Å²) in [4.78, 5) is 12.4. The molecule has 1 atom stereocenters. The molecule has 2 nitrogen and oxygen atoms in total. The molecule has 0 aromatic heterocycles. The van der Waals surface area contributed by atoms with Crippen LogP contribution >= 0.6 is 0 Å². The van der Waals surface area contributed by atoms with Gasteiger partial charge in [-0.1, -0.05) is 194 Å². The molecular weight excluding hydrogens is 476 g/mol. The predicted molar refractivity (Wildman–Crippen MR) is 175 cm³/mol. The van der Waals surface area contributed by atoms with Crippen LogP contribution in [0.25, 0.3) is 0 Å². The van der Waals surface area contributed by atoms with Crippen LogP contribution in [0.1, 0.15) is 220 Å². The van der Waals surface area contributed by atoms with Gasteiger partial charge in [0.25, 0.3) is 0 Å². The number of esters is 1. The fourth-order valence-corrected chi connectivity index (χ4v) is 5.84. The molecule has 0 heterocycles. The van der Waals surface area contributed by atoms with Crippen molar-refractivity contribution in [3.05, 3.63) is 0 Å². The van der Waals surface area contributed by atoms with Gasteiger partial charge in [0, 0.05) is 6.42 Å². The van der Waals surface area contributed by atoms with Crippen LogP contribution in [0.3, 0.4) is 0 Å². The number of carbonyl (C=O) groups is 1. The standard InChI is InChI=1S/C37H74O2/c1-4-7-10-13-16-17-18-19-20-21-22-23-25-28-31-34-37(38)39-35-36(32-29-26-15-12-9-6-3)33-30-27-24-14-11-8-5-2/h36H,4-35H2,1-3H3. The van der Waals surface area contributed by atoms with E-state index in [4.69, 9.17) is 4.74 Å². The van der Waals surface area contributed by atoms with Gasteiger partial charge in [0.15, 0.2) is 0 Å². The average molecular weight is 551 g/mol. The summed E-state index contributed by atoms with van der Waals surface area (Å²) in [5.41, 5.74) is 0. The third-order valence-corrected chi connectivity index (χ3v) is 8.65. The van der Waals surface area contributed by atoms with Gasteiger partial charge < -0.3 is 4.74 Å². The van der Waals surface area contributed by atoms with E-state index in [1.165, 1.54) is 186 Å². The number of carbonyl (C=O) groups excluding carboxylic acids is 1. The summed E-state index contributed by atoms with van der Waals surface area (Å²) in [6.45, 7) is 7.53. The van der Waals surface area contributed by atoms with Crippen molar-refractivity contribution < 1.29 is 9.53 Å². The molecule has 2 heteroatoms. The Balaban J connectivity index is 3.78. The third-order valence-electron chi connectivity index (χ3n) is 8.65. The SMILES string of the molecule is CCCCCCCCCCCCCCCCCC(=O)OCC(CCCCCCCC)CCCCCCCCC. The summed E-state index contributed by atoms with van der Waals surface area (Å²) in [7, 11) is 0. The lowest BCUT2D eigenvalue weighted by Gasteiger charge is -2.17. The van der Waals surface area contributed by atoms with E-state index in [9.17, 15) is 4.79 Å². The number of ether oxygens (including phenoxy) is 1. The summed E-state index contributed by atoms with van der Waals surface area (Å²) in [5.74, 6) is 0.633. The van der Waals surface area contributed by atoms with Crippen molar-refractivity contribution in [2.45, 2.75) is 220 Å². The summed E-state index contributed by atoms with van der Waals surface area (Å²) < 4.78 is 5.79. The zero-order valence-corrected chi connectivity index (χ0v) is 27.5. The minimum Gasteiger partial charge on any atom is -0.465 e. The van der Waals surface area contributed by atoms with Crippen molar-refractivity contribution in [2.24, 2.45) is 5.92 Å². The maximum Gasteiger partial charge on any atom is 0.305 e. The van der Waals surface area contributed by atoms with E-state index in [1.807, 2.05) is 0 Å². The zero-order valence-electron chi connectivity index (χ0n) is 27.5. The monoisotopic (exact) mass is 551 g/mol. The Morgan fingerprint density at radius 1 is 0.410 bits per heavy atom. The van der Waals surface area contributed by atoms with Gasteiger partial charge in [0.2, 0.25) is 0 Å². The molecule has 234 valence electrons. The van der Waals surface area contributed by atoms with Gasteiger partial charge in [0.05, 0.1) is 6.61 Å². The topological polar surface area (TPSA) is 26.3 Å². The predicted octanol–water partition coefficient (Wildman–Crippen LogP) is 13.3. The molecule has 0 rings (SSSR count). The third kappa shape index (κ3) is 31.9. The van der Waals surface area contributed by atoms with Crippen molar-refractivity contribution in [3.8, 4) is 0 Å². The Kier molecular flexibility index (Phi) is 33.2. The fraction of sp³-hybridized carbons (Fsp3) is 0.973. The van der Waals surface area contributed by atoms with Crippen molar-refractivity contribution >= 4 is 5.97 Å².